The molecule has 0 saturated carbocycles. The molecule has 6 nitrogen and oxygen atoms in total. The Hall–Kier alpha value is -2.11. The second-order valence-electron chi connectivity index (χ2n) is 3.67. The summed E-state index contributed by atoms with van der Waals surface area (Å²) in [6.45, 7) is 1.87. The van der Waals surface area contributed by atoms with Crippen LogP contribution in [0.2, 0.25) is 0 Å². The predicted molar refractivity (Wildman–Crippen MR) is 58.6 cm³/mol. The van der Waals surface area contributed by atoms with Crippen molar-refractivity contribution < 1.29 is 9.90 Å². The zero-order valence-electron chi connectivity index (χ0n) is 9.08. The zero-order chi connectivity index (χ0) is 11.7. The fourth-order valence-corrected chi connectivity index (χ4v) is 1.59. The number of carboxylic acid groups (broad SMARTS) is 1. The number of nitrogens with zero attached hydrogens (tertiary/aromatic N) is 4. The molecule has 0 amide bonds. The van der Waals surface area contributed by atoms with E-state index in [0.29, 0.717) is 5.65 Å². The highest BCUT2D eigenvalue weighted by Gasteiger charge is 2.11. The molecular formula is C10H12N4O2. The minimum atomic E-state index is -0.878. The number of pyridine rings is 1. The van der Waals surface area contributed by atoms with E-state index in [4.69, 9.17) is 5.11 Å². The molecule has 0 spiro atoms. The Labute approximate surface area is 92.1 Å². The number of anilines is 1. The van der Waals surface area contributed by atoms with Gasteiger partial charge in [-0.25, -0.2) is 4.98 Å². The molecule has 0 bridgehead atoms. The van der Waals surface area contributed by atoms with Crippen LogP contribution in [0.15, 0.2) is 18.5 Å². The van der Waals surface area contributed by atoms with Crippen molar-refractivity contribution in [3.05, 3.63) is 24.0 Å². The van der Waals surface area contributed by atoms with E-state index in [1.807, 2.05) is 19.1 Å². The standard InChI is InChI=1S/C10H12N4O2/c1-7-3-8-11-6-12-14(8)9(4-7)13(2)5-10(15)16/h3-4,6H,5H2,1-2H3,(H,15,16). The highest BCUT2D eigenvalue weighted by atomic mass is 16.4. The van der Waals surface area contributed by atoms with Crippen molar-refractivity contribution >= 4 is 17.4 Å². The third-order valence-corrected chi connectivity index (χ3v) is 2.27. The quantitative estimate of drug-likeness (QED) is 0.818. The van der Waals surface area contributed by atoms with Crippen molar-refractivity contribution in [2.24, 2.45) is 0 Å². The van der Waals surface area contributed by atoms with Gasteiger partial charge in [-0.1, -0.05) is 0 Å². The van der Waals surface area contributed by atoms with Crippen LogP contribution in [0.4, 0.5) is 5.82 Å². The van der Waals surface area contributed by atoms with Crippen LogP contribution in [-0.2, 0) is 4.79 Å². The van der Waals surface area contributed by atoms with Gasteiger partial charge in [-0.05, 0) is 24.6 Å². The predicted octanol–water partition coefficient (Wildman–Crippen LogP) is 0.559. The summed E-state index contributed by atoms with van der Waals surface area (Å²) in [5, 5.41) is 12.8. The lowest BCUT2D eigenvalue weighted by atomic mass is 10.3. The largest absolute Gasteiger partial charge is 0.480 e. The van der Waals surface area contributed by atoms with Crippen molar-refractivity contribution in [2.75, 3.05) is 18.5 Å². The van der Waals surface area contributed by atoms with E-state index in [1.54, 1.807) is 16.5 Å². The second-order valence-corrected chi connectivity index (χ2v) is 3.67. The topological polar surface area (TPSA) is 70.7 Å². The lowest BCUT2D eigenvalue weighted by molar-refractivity contribution is -0.135. The van der Waals surface area contributed by atoms with Gasteiger partial charge in [0.25, 0.3) is 0 Å². The summed E-state index contributed by atoms with van der Waals surface area (Å²) < 4.78 is 1.62. The maximum absolute atomic E-state index is 10.7. The fraction of sp³-hybridized carbons (Fsp3) is 0.300. The Bertz CT molecular complexity index is 535. The number of rotatable bonds is 3. The molecule has 0 atom stereocenters. The number of fused-ring (bicyclic) bond motifs is 1. The van der Waals surface area contributed by atoms with Crippen molar-refractivity contribution in [3.63, 3.8) is 0 Å². The maximum Gasteiger partial charge on any atom is 0.323 e. The summed E-state index contributed by atoms with van der Waals surface area (Å²) in [5.74, 6) is -0.160. The molecular weight excluding hydrogens is 208 g/mol. The lowest BCUT2D eigenvalue weighted by Crippen LogP contribution is -2.27. The van der Waals surface area contributed by atoms with E-state index in [9.17, 15) is 4.79 Å². The highest BCUT2D eigenvalue weighted by Crippen LogP contribution is 2.16. The molecule has 84 valence electrons. The Morgan fingerprint density at radius 3 is 3.00 bits per heavy atom. The molecule has 6 heteroatoms. The number of hydrogen-bond acceptors (Lipinski definition) is 4. The first-order chi connectivity index (χ1) is 7.58. The number of likely N-dealkylation sites (N-methyl/N-ethyl adjacent to an activating group) is 1. The smallest absolute Gasteiger partial charge is 0.323 e. The molecule has 2 rings (SSSR count). The van der Waals surface area contributed by atoms with Crippen LogP contribution in [0.5, 0.6) is 0 Å². The Morgan fingerprint density at radius 1 is 1.56 bits per heavy atom. The van der Waals surface area contributed by atoms with Gasteiger partial charge in [0.15, 0.2) is 5.65 Å². The van der Waals surface area contributed by atoms with Gasteiger partial charge in [-0.3, -0.25) is 4.79 Å². The summed E-state index contributed by atoms with van der Waals surface area (Å²) >= 11 is 0. The summed E-state index contributed by atoms with van der Waals surface area (Å²) in [6, 6.07) is 3.77. The number of carboxylic acids is 1. The second kappa shape index (κ2) is 3.80. The van der Waals surface area contributed by atoms with Gasteiger partial charge in [-0.2, -0.15) is 9.61 Å². The number of hydrogen-bond donors (Lipinski definition) is 1. The molecule has 0 radical (unpaired) electrons. The molecule has 0 unspecified atom stereocenters. The number of aryl methyl sites for hydroxylation is 1. The molecule has 2 aromatic heterocycles. The van der Waals surface area contributed by atoms with Crippen molar-refractivity contribution in [1.82, 2.24) is 14.6 Å². The van der Waals surface area contributed by atoms with Crippen LogP contribution in [0, 0.1) is 6.92 Å². The lowest BCUT2D eigenvalue weighted by Gasteiger charge is -2.17. The molecule has 0 aliphatic heterocycles. The number of carbonyl (C=O) groups is 1. The first kappa shape index (κ1) is 10.4. The van der Waals surface area contributed by atoms with Gasteiger partial charge in [0.2, 0.25) is 0 Å². The SMILES string of the molecule is Cc1cc(N(C)CC(=O)O)n2ncnc2c1. The molecule has 0 aromatic carbocycles. The summed E-state index contributed by atoms with van der Waals surface area (Å²) in [4.78, 5) is 16.4. The minimum Gasteiger partial charge on any atom is -0.480 e. The van der Waals surface area contributed by atoms with Crippen molar-refractivity contribution in [3.8, 4) is 0 Å². The van der Waals surface area contributed by atoms with Crippen LogP contribution >= 0.6 is 0 Å². The first-order valence-electron chi connectivity index (χ1n) is 4.81. The van der Waals surface area contributed by atoms with E-state index < -0.39 is 5.97 Å². The Morgan fingerprint density at radius 2 is 2.31 bits per heavy atom. The molecule has 16 heavy (non-hydrogen) atoms. The number of aromatic nitrogens is 3. The first-order valence-corrected chi connectivity index (χ1v) is 4.81. The van der Waals surface area contributed by atoms with Crippen molar-refractivity contribution in [1.29, 1.82) is 0 Å². The molecule has 0 aliphatic rings. The van der Waals surface area contributed by atoms with Gasteiger partial charge in [-0.15, -0.1) is 0 Å². The summed E-state index contributed by atoms with van der Waals surface area (Å²) in [7, 11) is 1.71. The third kappa shape index (κ3) is 1.81. The highest BCUT2D eigenvalue weighted by molar-refractivity contribution is 5.73. The van der Waals surface area contributed by atoms with E-state index >= 15 is 0 Å². The van der Waals surface area contributed by atoms with Gasteiger partial charge in [0.05, 0.1) is 0 Å². The molecule has 2 heterocycles. The average molecular weight is 220 g/mol. The van der Waals surface area contributed by atoms with Gasteiger partial charge in [0.1, 0.15) is 18.7 Å². The van der Waals surface area contributed by atoms with Crippen molar-refractivity contribution in [2.45, 2.75) is 6.92 Å². The van der Waals surface area contributed by atoms with Crippen LogP contribution < -0.4 is 4.90 Å². The van der Waals surface area contributed by atoms with Crippen LogP contribution in [0.3, 0.4) is 0 Å². The average Bonchev–Trinajstić information content (AvgIpc) is 2.62. The molecule has 0 saturated heterocycles. The summed E-state index contributed by atoms with van der Waals surface area (Å²) in [5.41, 5.74) is 1.74. The van der Waals surface area contributed by atoms with E-state index in [-0.39, 0.29) is 6.54 Å². The Kier molecular flexibility index (Phi) is 2.47. The normalized spacial score (nSPS) is 10.6. The van der Waals surface area contributed by atoms with Gasteiger partial charge in [0, 0.05) is 7.05 Å². The van der Waals surface area contributed by atoms with Crippen LogP contribution in [0.25, 0.3) is 5.65 Å². The van der Waals surface area contributed by atoms with Gasteiger partial charge < -0.3 is 10.0 Å². The third-order valence-electron chi connectivity index (χ3n) is 2.27. The van der Waals surface area contributed by atoms with E-state index in [2.05, 4.69) is 10.1 Å². The zero-order valence-corrected chi connectivity index (χ0v) is 9.08. The summed E-state index contributed by atoms with van der Waals surface area (Å²) in [6.07, 6.45) is 1.45. The van der Waals surface area contributed by atoms with E-state index in [1.165, 1.54) is 6.33 Å². The van der Waals surface area contributed by atoms with E-state index in [0.717, 1.165) is 11.4 Å². The minimum absolute atomic E-state index is 0.0710. The fourth-order valence-electron chi connectivity index (χ4n) is 1.59. The monoisotopic (exact) mass is 220 g/mol. The molecule has 0 aliphatic carbocycles. The van der Waals surface area contributed by atoms with Crippen LogP contribution in [0.1, 0.15) is 5.56 Å². The molecule has 0 fully saturated rings. The van der Waals surface area contributed by atoms with Gasteiger partial charge >= 0.3 is 5.97 Å². The molecule has 1 N–H and O–H groups in total. The maximum atomic E-state index is 10.7. The number of aliphatic carboxylic acids is 1. The van der Waals surface area contributed by atoms with Crippen LogP contribution in [-0.4, -0.2) is 39.3 Å². The Balaban J connectivity index is 2.49. The molecule has 2 aromatic rings.